The molecule has 7 nitrogen and oxygen atoms in total. The van der Waals surface area contributed by atoms with Crippen LogP contribution in [0.5, 0.6) is 0 Å². The Morgan fingerprint density at radius 2 is 1.08 bits per heavy atom. The molecule has 0 aromatic carbocycles. The topological polar surface area (TPSA) is 136 Å². The van der Waals surface area contributed by atoms with Crippen LogP contribution in [-0.4, -0.2) is 0 Å². The van der Waals surface area contributed by atoms with Crippen molar-refractivity contribution in [2.45, 2.75) is 0 Å². The molecule has 0 saturated carbocycles. The maximum absolute atomic E-state index is 9.32. The van der Waals surface area contributed by atoms with Gasteiger partial charge in [0.2, 0.25) is 0 Å². The van der Waals surface area contributed by atoms with Crippen molar-refractivity contribution in [3.63, 3.8) is 0 Å². The molecular weight excluding hydrogens is 304 g/mol. The zero-order valence-electron chi connectivity index (χ0n) is 5.55. The standard InChI is InChI=1S/Fe.Na.H4O7P2.V/c;;1-8(2,3)7-9(4,5)6;/h;;(H2,1,2,3)(H2,4,5,6);/q;+1;;/p-4. The van der Waals surface area contributed by atoms with Crippen LogP contribution >= 0.6 is 15.6 Å². The molecule has 0 amide bonds. The Labute approximate surface area is 113 Å². The zero-order valence-corrected chi connectivity index (χ0v) is 11.8. The summed E-state index contributed by atoms with van der Waals surface area (Å²) in [4.78, 5) is 37.3. The molecule has 0 atom stereocenters. The van der Waals surface area contributed by atoms with E-state index >= 15 is 0 Å². The zero-order chi connectivity index (χ0) is 7.71. The maximum atomic E-state index is 9.32. The summed E-state index contributed by atoms with van der Waals surface area (Å²) in [5.41, 5.74) is 0. The number of hydrogen-bond donors (Lipinski definition) is 0. The molecule has 12 heavy (non-hydrogen) atoms. The molecule has 0 rings (SSSR count). The van der Waals surface area contributed by atoms with Crippen molar-refractivity contribution in [3.8, 4) is 0 Å². The van der Waals surface area contributed by atoms with Crippen LogP contribution in [0, 0.1) is 0 Å². The minimum atomic E-state index is -5.68. The molecule has 0 aliphatic rings. The quantitative estimate of drug-likeness (QED) is 0.365. The average Bonchev–Trinajstić information content (AvgIpc) is 1.14. The van der Waals surface area contributed by atoms with Gasteiger partial charge >= 0.3 is 29.6 Å². The van der Waals surface area contributed by atoms with Gasteiger partial charge in [0.25, 0.3) is 0 Å². The molecule has 0 aromatic heterocycles. The minimum absolute atomic E-state index is 0. The fourth-order valence-electron chi connectivity index (χ4n) is 0.122. The molecule has 0 aliphatic heterocycles. The van der Waals surface area contributed by atoms with Gasteiger partial charge in [0.05, 0.1) is 15.6 Å². The summed E-state index contributed by atoms with van der Waals surface area (Å²) in [7, 11) is -11.4. The Morgan fingerprint density at radius 1 is 0.917 bits per heavy atom. The maximum Gasteiger partial charge on any atom is 1.00 e. The Morgan fingerprint density at radius 3 is 1.08 bits per heavy atom. The minimum Gasteiger partial charge on any atom is -0.790 e. The molecule has 12 heteroatoms. The number of phosphoric acid groups is 2. The van der Waals surface area contributed by atoms with E-state index in [4.69, 9.17) is 0 Å². The predicted molar refractivity (Wildman–Crippen MR) is 16.3 cm³/mol. The van der Waals surface area contributed by atoms with Crippen LogP contribution in [0.4, 0.5) is 0 Å². The second-order valence-electron chi connectivity index (χ2n) is 0.976. The normalized spacial score (nSPS) is 10.3. The molecule has 0 bridgehead atoms. The van der Waals surface area contributed by atoms with Gasteiger partial charge in [-0.05, 0) is 0 Å². The predicted octanol–water partition coefficient (Wildman–Crippen LogP) is -6.34. The van der Waals surface area contributed by atoms with Crippen LogP contribution in [0.15, 0.2) is 0 Å². The van der Waals surface area contributed by atoms with Crippen molar-refractivity contribution in [3.05, 3.63) is 0 Å². The largest absolute Gasteiger partial charge is 1.00 e. The second-order valence-corrected chi connectivity index (χ2v) is 3.42. The smallest absolute Gasteiger partial charge is 0.790 e. The van der Waals surface area contributed by atoms with Crippen molar-refractivity contribution < 1.29 is 98.2 Å². The van der Waals surface area contributed by atoms with E-state index in [1.165, 1.54) is 0 Å². The van der Waals surface area contributed by atoms with E-state index in [9.17, 15) is 28.7 Å². The van der Waals surface area contributed by atoms with Gasteiger partial charge in [0.1, 0.15) is 0 Å². The Bertz CT molecular complexity index is 162. The van der Waals surface area contributed by atoms with Gasteiger partial charge in [-0.3, -0.25) is 0 Å². The van der Waals surface area contributed by atoms with Gasteiger partial charge in [-0.2, -0.15) is 0 Å². The summed E-state index contributed by atoms with van der Waals surface area (Å²) in [5.74, 6) is 0. The van der Waals surface area contributed by atoms with Gasteiger partial charge in [-0.15, -0.1) is 0 Å². The molecule has 69 valence electrons. The molecule has 0 aliphatic carbocycles. The van der Waals surface area contributed by atoms with Crippen LogP contribution in [0.3, 0.4) is 0 Å². The Hall–Kier alpha value is 2.36. The molecule has 1 radical (unpaired) electrons. The summed E-state index contributed by atoms with van der Waals surface area (Å²) in [6.45, 7) is 0. The van der Waals surface area contributed by atoms with E-state index in [0.717, 1.165) is 0 Å². The van der Waals surface area contributed by atoms with Crippen LogP contribution in [0.2, 0.25) is 0 Å². The number of rotatable bonds is 2. The molecule has 0 unspecified atom stereocenters. The van der Waals surface area contributed by atoms with Gasteiger partial charge < -0.3 is 33.0 Å². The molecule has 0 aromatic rings. The Balaban J connectivity index is -0.000000107. The van der Waals surface area contributed by atoms with Crippen LogP contribution in [0.25, 0.3) is 0 Å². The molecule has 0 N–H and O–H groups in total. The third kappa shape index (κ3) is 22.8. The fraction of sp³-hybridized carbons (Fsp3) is 0. The monoisotopic (exact) mass is 304 g/mol. The summed E-state index contributed by atoms with van der Waals surface area (Å²) in [6.07, 6.45) is 0. The molecule has 0 fully saturated rings. The summed E-state index contributed by atoms with van der Waals surface area (Å²) in [5, 5.41) is 0. The van der Waals surface area contributed by atoms with Crippen molar-refractivity contribution in [2.75, 3.05) is 0 Å². The van der Waals surface area contributed by atoms with Crippen molar-refractivity contribution >= 4 is 15.6 Å². The Kier molecular flexibility index (Phi) is 17.2. The number of hydrogen-bond acceptors (Lipinski definition) is 7. The molecule has 0 spiro atoms. The van der Waals surface area contributed by atoms with E-state index in [0.29, 0.717) is 0 Å². The van der Waals surface area contributed by atoms with Crippen molar-refractivity contribution in [1.29, 1.82) is 0 Å². The van der Waals surface area contributed by atoms with E-state index in [1.54, 1.807) is 0 Å². The molecule has 0 heterocycles. The summed E-state index contributed by atoms with van der Waals surface area (Å²) in [6, 6.07) is 0. The van der Waals surface area contributed by atoms with Gasteiger partial charge in [0, 0.05) is 35.6 Å². The van der Waals surface area contributed by atoms with Crippen molar-refractivity contribution in [2.24, 2.45) is 0 Å². The van der Waals surface area contributed by atoms with E-state index < -0.39 is 15.6 Å². The van der Waals surface area contributed by atoms with Crippen LogP contribution in [-0.2, 0) is 49.1 Å². The van der Waals surface area contributed by atoms with Crippen LogP contribution in [0.1, 0.15) is 0 Å². The first kappa shape index (κ1) is 23.9. The second kappa shape index (κ2) is 8.65. The summed E-state index contributed by atoms with van der Waals surface area (Å²) >= 11 is 0. The summed E-state index contributed by atoms with van der Waals surface area (Å²) < 4.78 is 21.2. The first-order valence-corrected chi connectivity index (χ1v) is 4.38. The SMILES string of the molecule is O=P([O-])([O-])OP(=O)([O-])[O-].[Fe].[Na+].[V]. The molecule has 0 saturated heterocycles. The van der Waals surface area contributed by atoms with Gasteiger partial charge in [-0.1, -0.05) is 0 Å². The third-order valence-corrected chi connectivity index (χ3v) is 1.80. The van der Waals surface area contributed by atoms with E-state index in [1.807, 2.05) is 0 Å². The first-order valence-electron chi connectivity index (χ1n) is 1.46. The first-order chi connectivity index (χ1) is 3.71. The van der Waals surface area contributed by atoms with E-state index in [-0.39, 0.29) is 65.2 Å². The van der Waals surface area contributed by atoms with Gasteiger partial charge in [-0.25, -0.2) is 0 Å². The van der Waals surface area contributed by atoms with Crippen molar-refractivity contribution in [1.82, 2.24) is 0 Å². The average molecular weight is 304 g/mol. The van der Waals surface area contributed by atoms with E-state index in [2.05, 4.69) is 4.31 Å². The van der Waals surface area contributed by atoms with Gasteiger partial charge in [0.15, 0.2) is 0 Å². The third-order valence-electron chi connectivity index (χ3n) is 0.200. The fourth-order valence-corrected chi connectivity index (χ4v) is 1.10. The van der Waals surface area contributed by atoms with Crippen LogP contribution < -0.4 is 49.1 Å². The molecular formula is FeNaO7P2V-3.